The van der Waals surface area contributed by atoms with Crippen molar-refractivity contribution in [2.75, 3.05) is 0 Å². The monoisotopic (exact) mass is 190 g/mol. The second kappa shape index (κ2) is 4.61. The van der Waals surface area contributed by atoms with Crippen LogP contribution in [0.15, 0.2) is 0 Å². The molecule has 0 saturated carbocycles. The lowest BCUT2D eigenvalue weighted by atomic mass is 9.98. The van der Waals surface area contributed by atoms with Gasteiger partial charge in [0.05, 0.1) is 0 Å². The van der Waals surface area contributed by atoms with Gasteiger partial charge in [0.25, 0.3) is 0 Å². The smallest absolute Gasteiger partial charge is 0.160 e. The van der Waals surface area contributed by atoms with Crippen molar-refractivity contribution in [2.45, 2.75) is 33.1 Å². The first-order valence-electron chi connectivity index (χ1n) is 4.09. The quantitative estimate of drug-likeness (QED) is 0.502. The Morgan fingerprint density at radius 3 is 1.33 bits per heavy atom. The summed E-state index contributed by atoms with van der Waals surface area (Å²) in [5, 5.41) is -0.954. The number of ketones is 2. The van der Waals surface area contributed by atoms with Crippen LogP contribution in [-0.2, 0) is 9.59 Å². The van der Waals surface area contributed by atoms with E-state index in [4.69, 9.17) is 11.6 Å². The van der Waals surface area contributed by atoms with E-state index in [2.05, 4.69) is 0 Å². The van der Waals surface area contributed by atoms with Gasteiger partial charge in [-0.2, -0.15) is 0 Å². The number of rotatable bonds is 4. The molecule has 0 heterocycles. The molecule has 0 bridgehead atoms. The van der Waals surface area contributed by atoms with Gasteiger partial charge in [0.1, 0.15) is 0 Å². The summed E-state index contributed by atoms with van der Waals surface area (Å²) in [5.41, 5.74) is 0. The third kappa shape index (κ3) is 2.94. The normalized spacial score (nSPS) is 11.3. The maximum absolute atomic E-state index is 11.2. The summed E-state index contributed by atoms with van der Waals surface area (Å²) in [4.78, 5) is 22.5. The molecule has 0 aliphatic heterocycles. The molecule has 12 heavy (non-hydrogen) atoms. The van der Waals surface area contributed by atoms with Gasteiger partial charge in [0.2, 0.25) is 0 Å². The van der Waals surface area contributed by atoms with Crippen LogP contribution in [0.4, 0.5) is 0 Å². The molecule has 0 aliphatic carbocycles. The Labute approximate surface area is 78.3 Å². The first-order chi connectivity index (χ1) is 5.37. The molecule has 0 aromatic heterocycles. The average Bonchev–Trinajstić information content (AvgIpc) is 2.00. The Balaban J connectivity index is 4.30. The fraction of sp³-hybridized carbons (Fsp3) is 0.778. The number of carbonyl (C=O) groups excluding carboxylic acids is 2. The van der Waals surface area contributed by atoms with Crippen LogP contribution < -0.4 is 0 Å². The summed E-state index contributed by atoms with van der Waals surface area (Å²) in [6.45, 7) is 6.97. The molecular formula is C9H15ClO2. The number of halogens is 1. The Hall–Kier alpha value is -0.370. The molecule has 0 N–H and O–H groups in total. The molecule has 2 nitrogen and oxygen atoms in total. The number of alkyl halides is 1. The first kappa shape index (κ1) is 11.6. The zero-order valence-electron chi connectivity index (χ0n) is 7.93. The van der Waals surface area contributed by atoms with Crippen LogP contribution in [-0.4, -0.2) is 16.9 Å². The predicted octanol–water partition coefficient (Wildman–Crippen LogP) is 2.04. The third-order valence-corrected chi connectivity index (χ3v) is 2.07. The zero-order chi connectivity index (χ0) is 9.89. The lowest BCUT2D eigenvalue weighted by molar-refractivity contribution is -0.129. The van der Waals surface area contributed by atoms with E-state index in [-0.39, 0.29) is 23.4 Å². The van der Waals surface area contributed by atoms with Gasteiger partial charge >= 0.3 is 0 Å². The maximum atomic E-state index is 11.2. The van der Waals surface area contributed by atoms with Crippen molar-refractivity contribution in [2.24, 2.45) is 11.8 Å². The second-order valence-electron chi connectivity index (χ2n) is 3.48. The van der Waals surface area contributed by atoms with Crippen molar-refractivity contribution in [1.29, 1.82) is 0 Å². The van der Waals surface area contributed by atoms with E-state index in [1.54, 1.807) is 27.7 Å². The van der Waals surface area contributed by atoms with Crippen molar-refractivity contribution in [3.8, 4) is 0 Å². The second-order valence-corrected chi connectivity index (χ2v) is 3.91. The minimum Gasteiger partial charge on any atom is -0.297 e. The lowest BCUT2D eigenvalue weighted by Gasteiger charge is -2.11. The first-order valence-corrected chi connectivity index (χ1v) is 4.53. The van der Waals surface area contributed by atoms with Gasteiger partial charge < -0.3 is 0 Å². The molecule has 0 unspecified atom stereocenters. The van der Waals surface area contributed by atoms with E-state index in [9.17, 15) is 9.59 Å². The lowest BCUT2D eigenvalue weighted by Crippen LogP contribution is -2.31. The standard InChI is InChI=1S/C9H15ClO2/c1-5(2)8(11)7(10)9(12)6(3)4/h5-7H,1-4H3. The molecule has 0 aromatic rings. The van der Waals surface area contributed by atoms with E-state index in [1.807, 2.05) is 0 Å². The van der Waals surface area contributed by atoms with E-state index >= 15 is 0 Å². The molecule has 0 spiro atoms. The van der Waals surface area contributed by atoms with Crippen LogP contribution in [0.25, 0.3) is 0 Å². The number of hydrogen-bond acceptors (Lipinski definition) is 2. The summed E-state index contributed by atoms with van der Waals surface area (Å²) >= 11 is 5.67. The van der Waals surface area contributed by atoms with Crippen molar-refractivity contribution >= 4 is 23.2 Å². The van der Waals surface area contributed by atoms with Gasteiger partial charge in [-0.15, -0.1) is 11.6 Å². The van der Waals surface area contributed by atoms with Crippen LogP contribution in [0.2, 0.25) is 0 Å². The highest BCUT2D eigenvalue weighted by Gasteiger charge is 2.27. The van der Waals surface area contributed by atoms with Gasteiger partial charge in [-0.25, -0.2) is 0 Å². The minimum atomic E-state index is -0.954. The molecule has 0 atom stereocenters. The average molecular weight is 191 g/mol. The van der Waals surface area contributed by atoms with E-state index in [0.29, 0.717) is 0 Å². The number of carbonyl (C=O) groups is 2. The van der Waals surface area contributed by atoms with Crippen molar-refractivity contribution in [3.63, 3.8) is 0 Å². The van der Waals surface area contributed by atoms with Crippen molar-refractivity contribution in [3.05, 3.63) is 0 Å². The SMILES string of the molecule is CC(C)C(=O)C(Cl)C(=O)C(C)C. The number of Topliss-reactive ketones (excluding diaryl/α,β-unsaturated/α-hetero) is 2. The van der Waals surface area contributed by atoms with Gasteiger partial charge in [0.15, 0.2) is 16.9 Å². The molecule has 0 aliphatic rings. The topological polar surface area (TPSA) is 34.1 Å². The summed E-state index contributed by atoms with van der Waals surface area (Å²) < 4.78 is 0. The summed E-state index contributed by atoms with van der Waals surface area (Å²) in [6, 6.07) is 0. The van der Waals surface area contributed by atoms with E-state index in [0.717, 1.165) is 0 Å². The molecule has 0 radical (unpaired) electrons. The van der Waals surface area contributed by atoms with E-state index < -0.39 is 5.38 Å². The molecule has 0 amide bonds. The van der Waals surface area contributed by atoms with Crippen LogP contribution in [0.5, 0.6) is 0 Å². The molecular weight excluding hydrogens is 176 g/mol. The summed E-state index contributed by atoms with van der Waals surface area (Å²) in [6.07, 6.45) is 0. The van der Waals surface area contributed by atoms with Crippen LogP contribution in [0.3, 0.4) is 0 Å². The Kier molecular flexibility index (Phi) is 4.46. The van der Waals surface area contributed by atoms with Crippen molar-refractivity contribution < 1.29 is 9.59 Å². The Bertz CT molecular complexity index is 165. The highest BCUT2D eigenvalue weighted by Crippen LogP contribution is 2.11. The highest BCUT2D eigenvalue weighted by molar-refractivity contribution is 6.42. The van der Waals surface area contributed by atoms with Crippen molar-refractivity contribution in [1.82, 2.24) is 0 Å². The molecule has 0 fully saturated rings. The Morgan fingerprint density at radius 1 is 0.917 bits per heavy atom. The van der Waals surface area contributed by atoms with Crippen LogP contribution in [0, 0.1) is 11.8 Å². The van der Waals surface area contributed by atoms with Crippen LogP contribution in [0.1, 0.15) is 27.7 Å². The molecule has 70 valence electrons. The maximum Gasteiger partial charge on any atom is 0.160 e. The van der Waals surface area contributed by atoms with Gasteiger partial charge in [-0.3, -0.25) is 9.59 Å². The molecule has 3 heteroatoms. The Morgan fingerprint density at radius 2 is 1.17 bits per heavy atom. The fourth-order valence-corrected chi connectivity index (χ4v) is 1.23. The summed E-state index contributed by atoms with van der Waals surface area (Å²) in [7, 11) is 0. The highest BCUT2D eigenvalue weighted by atomic mass is 35.5. The zero-order valence-corrected chi connectivity index (χ0v) is 8.68. The third-order valence-electron chi connectivity index (χ3n) is 1.64. The molecule has 0 aromatic carbocycles. The molecule has 0 rings (SSSR count). The van der Waals surface area contributed by atoms with Gasteiger partial charge in [-0.05, 0) is 0 Å². The van der Waals surface area contributed by atoms with Gasteiger partial charge in [0, 0.05) is 11.8 Å². The van der Waals surface area contributed by atoms with Crippen LogP contribution >= 0.6 is 11.6 Å². The van der Waals surface area contributed by atoms with E-state index in [1.165, 1.54) is 0 Å². The minimum absolute atomic E-state index is 0.171. The largest absolute Gasteiger partial charge is 0.297 e. The summed E-state index contributed by atoms with van der Waals surface area (Å²) in [5.74, 6) is -0.712. The fourth-order valence-electron chi connectivity index (χ4n) is 0.726. The number of hydrogen-bond donors (Lipinski definition) is 0. The molecule has 0 saturated heterocycles. The van der Waals surface area contributed by atoms with Gasteiger partial charge in [-0.1, -0.05) is 27.7 Å². The predicted molar refractivity (Wildman–Crippen MR) is 49.3 cm³/mol.